The molecule has 17 heavy (non-hydrogen) atoms. The molecule has 0 spiro atoms. The van der Waals surface area contributed by atoms with Gasteiger partial charge in [-0.3, -0.25) is 4.79 Å². The number of fused-ring (bicyclic) bond motifs is 3. The minimum Gasteiger partial charge on any atom is -0.481 e. The molecule has 1 aliphatic carbocycles. The number of aliphatic carboxylic acids is 1. The third-order valence-corrected chi connectivity index (χ3v) is 3.42. The minimum atomic E-state index is -0.740. The predicted octanol–water partition coefficient (Wildman–Crippen LogP) is 2.20. The monoisotopic (exact) mass is 231 g/mol. The molecule has 4 heteroatoms. The Kier molecular flexibility index (Phi) is 2.11. The number of hydrogen-bond acceptors (Lipinski definition) is 3. The first-order chi connectivity index (χ1) is 8.15. The van der Waals surface area contributed by atoms with Crippen LogP contribution in [0.3, 0.4) is 0 Å². The third kappa shape index (κ3) is 1.56. The van der Waals surface area contributed by atoms with Crippen molar-refractivity contribution in [1.82, 2.24) is 0 Å². The van der Waals surface area contributed by atoms with Crippen LogP contribution in [-0.2, 0) is 17.6 Å². The van der Waals surface area contributed by atoms with Gasteiger partial charge in [-0.05, 0) is 25.0 Å². The summed E-state index contributed by atoms with van der Waals surface area (Å²) in [5, 5.41) is 10.1. The number of rotatable bonds is 1. The van der Waals surface area contributed by atoms with Crippen LogP contribution >= 0.6 is 0 Å². The quantitative estimate of drug-likeness (QED) is 0.738. The lowest BCUT2D eigenvalue weighted by Gasteiger charge is -2.16. The zero-order chi connectivity index (χ0) is 12.0. The average Bonchev–Trinajstić information content (AvgIpc) is 2.64. The Balaban J connectivity index is 2.09. The highest BCUT2D eigenvalue weighted by Gasteiger charge is 2.28. The second-order valence-electron chi connectivity index (χ2n) is 4.54. The maximum atomic E-state index is 11.0. The van der Waals surface area contributed by atoms with Gasteiger partial charge in [0.25, 0.3) is 0 Å². The summed E-state index contributed by atoms with van der Waals surface area (Å²) in [4.78, 5) is 11.0. The van der Waals surface area contributed by atoms with Gasteiger partial charge in [0, 0.05) is 29.1 Å². The third-order valence-electron chi connectivity index (χ3n) is 3.42. The molecule has 1 aromatic heterocycles. The van der Waals surface area contributed by atoms with Crippen molar-refractivity contribution in [2.45, 2.75) is 19.3 Å². The number of nitrogen functional groups attached to an aromatic ring is 1. The summed E-state index contributed by atoms with van der Waals surface area (Å²) in [5.41, 5.74) is 8.28. The molecular formula is C13H13NO3. The van der Waals surface area contributed by atoms with E-state index in [0.29, 0.717) is 18.5 Å². The topological polar surface area (TPSA) is 76.5 Å². The Bertz CT molecular complexity index is 600. The Morgan fingerprint density at radius 1 is 1.47 bits per heavy atom. The van der Waals surface area contributed by atoms with Crippen molar-refractivity contribution >= 4 is 22.6 Å². The molecule has 0 saturated heterocycles. The highest BCUT2D eigenvalue weighted by Crippen LogP contribution is 2.34. The Morgan fingerprint density at radius 3 is 3.06 bits per heavy atom. The van der Waals surface area contributed by atoms with Crippen molar-refractivity contribution in [2.75, 3.05) is 5.73 Å². The van der Waals surface area contributed by atoms with E-state index in [0.717, 1.165) is 28.7 Å². The zero-order valence-corrected chi connectivity index (χ0v) is 9.27. The van der Waals surface area contributed by atoms with Crippen molar-refractivity contribution < 1.29 is 14.3 Å². The second kappa shape index (κ2) is 3.52. The largest absolute Gasteiger partial charge is 0.481 e. The predicted molar refractivity (Wildman–Crippen MR) is 63.8 cm³/mol. The van der Waals surface area contributed by atoms with Crippen LogP contribution in [0.1, 0.15) is 17.7 Å². The summed E-state index contributed by atoms with van der Waals surface area (Å²) in [7, 11) is 0. The lowest BCUT2D eigenvalue weighted by atomic mass is 9.87. The Labute approximate surface area is 98.0 Å². The van der Waals surface area contributed by atoms with Gasteiger partial charge in [0.1, 0.15) is 11.3 Å². The van der Waals surface area contributed by atoms with Gasteiger partial charge < -0.3 is 15.3 Å². The number of nitrogens with two attached hydrogens (primary N) is 1. The molecule has 1 aliphatic rings. The summed E-state index contributed by atoms with van der Waals surface area (Å²) < 4.78 is 5.71. The van der Waals surface area contributed by atoms with Gasteiger partial charge in [-0.15, -0.1) is 0 Å². The molecule has 2 aromatic rings. The van der Waals surface area contributed by atoms with Crippen molar-refractivity contribution in [3.8, 4) is 0 Å². The lowest BCUT2D eigenvalue weighted by Crippen LogP contribution is -2.21. The second-order valence-corrected chi connectivity index (χ2v) is 4.54. The number of hydrogen-bond donors (Lipinski definition) is 2. The maximum Gasteiger partial charge on any atom is 0.306 e. The van der Waals surface area contributed by atoms with E-state index in [1.165, 1.54) is 0 Å². The molecule has 1 heterocycles. The van der Waals surface area contributed by atoms with Crippen LogP contribution in [0.4, 0.5) is 5.69 Å². The zero-order valence-electron chi connectivity index (χ0n) is 9.27. The fourth-order valence-corrected chi connectivity index (χ4v) is 2.51. The van der Waals surface area contributed by atoms with Crippen LogP contribution in [0.2, 0.25) is 0 Å². The van der Waals surface area contributed by atoms with E-state index in [9.17, 15) is 4.79 Å². The summed E-state index contributed by atoms with van der Waals surface area (Å²) >= 11 is 0. The number of benzene rings is 1. The first-order valence-corrected chi connectivity index (χ1v) is 5.67. The molecule has 0 radical (unpaired) electrons. The van der Waals surface area contributed by atoms with Crippen LogP contribution in [0, 0.1) is 5.92 Å². The van der Waals surface area contributed by atoms with Gasteiger partial charge in [0.15, 0.2) is 0 Å². The molecule has 0 fully saturated rings. The molecule has 3 N–H and O–H groups in total. The van der Waals surface area contributed by atoms with Crippen molar-refractivity contribution in [1.29, 1.82) is 0 Å². The van der Waals surface area contributed by atoms with Gasteiger partial charge in [0.2, 0.25) is 0 Å². The average molecular weight is 231 g/mol. The summed E-state index contributed by atoms with van der Waals surface area (Å²) in [6.45, 7) is 0. The van der Waals surface area contributed by atoms with E-state index in [1.54, 1.807) is 6.07 Å². The molecular weight excluding hydrogens is 218 g/mol. The van der Waals surface area contributed by atoms with Crippen molar-refractivity contribution in [2.24, 2.45) is 5.92 Å². The fourth-order valence-electron chi connectivity index (χ4n) is 2.51. The standard InChI is InChI=1S/C13H13NO3/c14-8-2-4-10-9-3-1-7(13(15)16)5-11(9)17-12(10)6-8/h2,4,6-7H,1,3,5,14H2,(H,15,16). The Morgan fingerprint density at radius 2 is 2.29 bits per heavy atom. The summed E-state index contributed by atoms with van der Waals surface area (Å²) in [6.07, 6.45) is 1.93. The normalized spacial score (nSPS) is 19.2. The van der Waals surface area contributed by atoms with Crippen LogP contribution < -0.4 is 5.73 Å². The number of aryl methyl sites for hydroxylation is 1. The molecule has 0 saturated carbocycles. The highest BCUT2D eigenvalue weighted by molar-refractivity contribution is 5.85. The summed E-state index contributed by atoms with van der Waals surface area (Å²) in [6, 6.07) is 5.60. The van der Waals surface area contributed by atoms with Gasteiger partial charge in [-0.1, -0.05) is 0 Å². The fraction of sp³-hybridized carbons (Fsp3) is 0.308. The van der Waals surface area contributed by atoms with E-state index in [2.05, 4.69) is 0 Å². The molecule has 1 atom stereocenters. The van der Waals surface area contributed by atoms with Gasteiger partial charge in [-0.2, -0.15) is 0 Å². The number of furan rings is 1. The molecule has 0 aliphatic heterocycles. The van der Waals surface area contributed by atoms with E-state index in [-0.39, 0.29) is 5.92 Å². The van der Waals surface area contributed by atoms with E-state index in [1.807, 2.05) is 12.1 Å². The molecule has 4 nitrogen and oxygen atoms in total. The Hall–Kier alpha value is -1.97. The molecule has 0 bridgehead atoms. The number of carboxylic acids is 1. The molecule has 0 amide bonds. The molecule has 1 unspecified atom stereocenters. The van der Waals surface area contributed by atoms with E-state index >= 15 is 0 Å². The first-order valence-electron chi connectivity index (χ1n) is 5.67. The smallest absolute Gasteiger partial charge is 0.306 e. The van der Waals surface area contributed by atoms with E-state index in [4.69, 9.17) is 15.3 Å². The molecule has 1 aromatic carbocycles. The molecule has 3 rings (SSSR count). The van der Waals surface area contributed by atoms with Crippen LogP contribution in [0.5, 0.6) is 0 Å². The SMILES string of the molecule is Nc1ccc2c3c(oc2c1)CC(C(=O)O)CC3. The van der Waals surface area contributed by atoms with Crippen LogP contribution in [-0.4, -0.2) is 11.1 Å². The van der Waals surface area contributed by atoms with Gasteiger partial charge in [-0.25, -0.2) is 0 Å². The maximum absolute atomic E-state index is 11.0. The summed E-state index contributed by atoms with van der Waals surface area (Å²) in [5.74, 6) is -0.250. The first kappa shape index (κ1) is 10.2. The van der Waals surface area contributed by atoms with Gasteiger partial charge in [0.05, 0.1) is 5.92 Å². The number of carboxylic acid groups (broad SMARTS) is 1. The van der Waals surface area contributed by atoms with E-state index < -0.39 is 5.97 Å². The highest BCUT2D eigenvalue weighted by atomic mass is 16.4. The van der Waals surface area contributed by atoms with Crippen molar-refractivity contribution in [3.05, 3.63) is 29.5 Å². The molecule has 88 valence electrons. The van der Waals surface area contributed by atoms with Crippen LogP contribution in [0.15, 0.2) is 22.6 Å². The van der Waals surface area contributed by atoms with Gasteiger partial charge >= 0.3 is 5.97 Å². The minimum absolute atomic E-state index is 0.319. The van der Waals surface area contributed by atoms with Crippen LogP contribution in [0.25, 0.3) is 11.0 Å². The lowest BCUT2D eigenvalue weighted by molar-refractivity contribution is -0.142. The number of carbonyl (C=O) groups is 1. The van der Waals surface area contributed by atoms with Crippen molar-refractivity contribution in [3.63, 3.8) is 0 Å². The number of anilines is 1.